The molecule has 1 atom stereocenters. The first-order valence-electron chi connectivity index (χ1n) is 8.00. The third-order valence-corrected chi connectivity index (χ3v) is 4.16. The van der Waals surface area contributed by atoms with E-state index in [-0.39, 0.29) is 19.2 Å². The molecule has 26 heavy (non-hydrogen) atoms. The predicted molar refractivity (Wildman–Crippen MR) is 92.4 cm³/mol. The number of rotatable bonds is 6. The number of hydrogen-bond donors (Lipinski definition) is 1. The zero-order valence-corrected chi connectivity index (χ0v) is 15.2. The summed E-state index contributed by atoms with van der Waals surface area (Å²) in [6, 6.07) is 5.47. The Balaban J connectivity index is 2.35. The molecule has 0 unspecified atom stereocenters. The Morgan fingerprint density at radius 2 is 1.77 bits per heavy atom. The fourth-order valence-corrected chi connectivity index (χ4v) is 2.57. The van der Waals surface area contributed by atoms with Gasteiger partial charge in [0.1, 0.15) is 6.61 Å². The van der Waals surface area contributed by atoms with E-state index in [1.807, 2.05) is 0 Å². The highest BCUT2D eigenvalue weighted by Gasteiger charge is 2.35. The molecule has 2 rings (SSSR count). The molecule has 140 valence electrons. The van der Waals surface area contributed by atoms with Crippen molar-refractivity contribution in [2.45, 2.75) is 13.0 Å². The number of carbonyl (C=O) groups excluding carboxylic acids is 3. The van der Waals surface area contributed by atoms with Crippen LogP contribution in [0.4, 0.5) is 4.79 Å². The van der Waals surface area contributed by atoms with Crippen molar-refractivity contribution in [1.82, 2.24) is 10.2 Å². The molecule has 0 aromatic heterocycles. The summed E-state index contributed by atoms with van der Waals surface area (Å²) in [6.45, 7) is 2.07. The first kappa shape index (κ1) is 19.5. The highest BCUT2D eigenvalue weighted by molar-refractivity contribution is 5.95. The maximum Gasteiger partial charge on any atom is 0.338 e. The Morgan fingerprint density at radius 1 is 1.12 bits per heavy atom. The fourth-order valence-electron chi connectivity index (χ4n) is 2.57. The molecular formula is C18H22N2O6. The zero-order chi connectivity index (χ0) is 19.3. The monoisotopic (exact) mass is 362 g/mol. The van der Waals surface area contributed by atoms with Crippen molar-refractivity contribution in [3.63, 3.8) is 0 Å². The number of methoxy groups -OCH3 is 2. The molecule has 1 aromatic rings. The quantitative estimate of drug-likeness (QED) is 0.611. The van der Waals surface area contributed by atoms with Gasteiger partial charge in [0.2, 0.25) is 0 Å². The number of nitrogens with one attached hydrogen (secondary N) is 1. The summed E-state index contributed by atoms with van der Waals surface area (Å²) in [6.07, 6.45) is 0. The largest absolute Gasteiger partial charge is 0.465 e. The number of urea groups is 1. The molecule has 0 radical (unpaired) electrons. The van der Waals surface area contributed by atoms with Crippen molar-refractivity contribution in [2.24, 2.45) is 0 Å². The highest BCUT2D eigenvalue weighted by Crippen LogP contribution is 2.30. The summed E-state index contributed by atoms with van der Waals surface area (Å²) in [5.74, 6) is -0.997. The van der Waals surface area contributed by atoms with E-state index in [1.54, 1.807) is 38.2 Å². The van der Waals surface area contributed by atoms with E-state index in [2.05, 4.69) is 10.1 Å². The van der Waals surface area contributed by atoms with E-state index in [0.717, 1.165) is 0 Å². The molecule has 0 saturated carbocycles. The average molecular weight is 362 g/mol. The lowest BCUT2D eigenvalue weighted by Crippen LogP contribution is -2.46. The van der Waals surface area contributed by atoms with Crippen LogP contribution >= 0.6 is 0 Å². The minimum Gasteiger partial charge on any atom is -0.465 e. The molecular weight excluding hydrogens is 340 g/mol. The van der Waals surface area contributed by atoms with Gasteiger partial charge in [-0.2, -0.15) is 0 Å². The molecule has 1 aliphatic rings. The molecule has 0 fully saturated rings. The molecule has 1 heterocycles. The Kier molecular flexibility index (Phi) is 6.35. The van der Waals surface area contributed by atoms with Crippen LogP contribution in [0.15, 0.2) is 35.5 Å². The van der Waals surface area contributed by atoms with Crippen LogP contribution in [0.5, 0.6) is 0 Å². The van der Waals surface area contributed by atoms with Crippen LogP contribution in [0.3, 0.4) is 0 Å². The second-order valence-corrected chi connectivity index (χ2v) is 5.68. The number of amides is 2. The van der Waals surface area contributed by atoms with Crippen LogP contribution in [0.1, 0.15) is 28.9 Å². The second-order valence-electron chi connectivity index (χ2n) is 5.68. The van der Waals surface area contributed by atoms with Gasteiger partial charge < -0.3 is 24.4 Å². The minimum atomic E-state index is -0.680. The first-order chi connectivity index (χ1) is 12.4. The van der Waals surface area contributed by atoms with Crippen molar-refractivity contribution in [1.29, 1.82) is 0 Å². The van der Waals surface area contributed by atoms with E-state index < -0.39 is 18.0 Å². The zero-order valence-electron chi connectivity index (χ0n) is 15.2. The number of esters is 2. The summed E-state index contributed by atoms with van der Waals surface area (Å²) in [7, 11) is 4.38. The van der Waals surface area contributed by atoms with Crippen molar-refractivity contribution in [3.05, 3.63) is 46.7 Å². The van der Waals surface area contributed by atoms with Gasteiger partial charge in [-0.3, -0.25) is 0 Å². The van der Waals surface area contributed by atoms with E-state index in [1.165, 1.54) is 19.1 Å². The van der Waals surface area contributed by atoms with Gasteiger partial charge in [-0.1, -0.05) is 12.1 Å². The van der Waals surface area contributed by atoms with Crippen molar-refractivity contribution in [3.8, 4) is 0 Å². The van der Waals surface area contributed by atoms with Gasteiger partial charge in [0.15, 0.2) is 0 Å². The summed E-state index contributed by atoms with van der Waals surface area (Å²) in [4.78, 5) is 37.7. The van der Waals surface area contributed by atoms with Crippen molar-refractivity contribution in [2.75, 3.05) is 34.5 Å². The van der Waals surface area contributed by atoms with Gasteiger partial charge in [-0.15, -0.1) is 0 Å². The third-order valence-electron chi connectivity index (χ3n) is 4.16. The lowest BCUT2D eigenvalue weighted by Gasteiger charge is -2.33. The molecule has 1 aliphatic heterocycles. The third kappa shape index (κ3) is 4.02. The molecule has 1 aromatic carbocycles. The van der Waals surface area contributed by atoms with Crippen LogP contribution in [0, 0.1) is 0 Å². The number of allylic oxidation sites excluding steroid dienone is 1. The topological polar surface area (TPSA) is 94.2 Å². The molecule has 0 bridgehead atoms. The van der Waals surface area contributed by atoms with Gasteiger partial charge >= 0.3 is 18.0 Å². The van der Waals surface area contributed by atoms with Gasteiger partial charge in [-0.05, 0) is 24.6 Å². The Hall–Kier alpha value is -2.87. The van der Waals surface area contributed by atoms with Gasteiger partial charge in [-0.25, -0.2) is 14.4 Å². The van der Waals surface area contributed by atoms with Gasteiger partial charge in [0.25, 0.3) is 0 Å². The molecule has 0 aliphatic carbocycles. The summed E-state index contributed by atoms with van der Waals surface area (Å²) < 4.78 is 14.8. The van der Waals surface area contributed by atoms with Crippen LogP contribution < -0.4 is 5.32 Å². The van der Waals surface area contributed by atoms with Crippen molar-refractivity contribution < 1.29 is 28.6 Å². The van der Waals surface area contributed by atoms with Crippen molar-refractivity contribution >= 4 is 18.0 Å². The summed E-state index contributed by atoms with van der Waals surface area (Å²) in [5.41, 5.74) is 1.85. The molecule has 2 amide bonds. The standard InChI is InChI=1S/C18H22N2O6/c1-11-14(17(22)26-10-9-24-3)15(19-18(23)20(11)2)12-5-7-13(8-6-12)16(21)25-4/h5-8,15H,9-10H2,1-4H3,(H,19,23)/t15-/m1/s1. The van der Waals surface area contributed by atoms with Crippen LogP contribution in [-0.4, -0.2) is 57.4 Å². The maximum atomic E-state index is 12.6. The average Bonchev–Trinajstić information content (AvgIpc) is 2.65. The molecule has 8 heteroatoms. The SMILES string of the molecule is COCCOC(=O)C1=C(C)N(C)C(=O)N[C@@H]1c1ccc(C(=O)OC)cc1. The Morgan fingerprint density at radius 3 is 2.35 bits per heavy atom. The Bertz CT molecular complexity index is 726. The summed E-state index contributed by atoms with van der Waals surface area (Å²) in [5, 5.41) is 2.78. The first-order valence-corrected chi connectivity index (χ1v) is 8.00. The Labute approximate surface area is 151 Å². The van der Waals surface area contributed by atoms with Crippen LogP contribution in [0.2, 0.25) is 0 Å². The second kappa shape index (κ2) is 8.48. The number of carbonyl (C=O) groups is 3. The lowest BCUT2D eigenvalue weighted by atomic mass is 9.94. The lowest BCUT2D eigenvalue weighted by molar-refractivity contribution is -0.140. The fraction of sp³-hybridized carbons (Fsp3) is 0.389. The highest BCUT2D eigenvalue weighted by atomic mass is 16.6. The molecule has 0 spiro atoms. The number of benzene rings is 1. The maximum absolute atomic E-state index is 12.6. The summed E-state index contributed by atoms with van der Waals surface area (Å²) >= 11 is 0. The van der Waals surface area contributed by atoms with Crippen LogP contribution in [0.25, 0.3) is 0 Å². The predicted octanol–water partition coefficient (Wildman–Crippen LogP) is 1.63. The smallest absolute Gasteiger partial charge is 0.338 e. The van der Waals surface area contributed by atoms with E-state index in [9.17, 15) is 14.4 Å². The molecule has 0 saturated heterocycles. The minimum absolute atomic E-state index is 0.109. The van der Waals surface area contributed by atoms with E-state index >= 15 is 0 Å². The normalized spacial score (nSPS) is 17.0. The van der Waals surface area contributed by atoms with Gasteiger partial charge in [0, 0.05) is 19.9 Å². The molecule has 1 N–H and O–H groups in total. The van der Waals surface area contributed by atoms with E-state index in [4.69, 9.17) is 9.47 Å². The number of hydrogen-bond acceptors (Lipinski definition) is 6. The molecule has 8 nitrogen and oxygen atoms in total. The van der Waals surface area contributed by atoms with E-state index in [0.29, 0.717) is 22.4 Å². The van der Waals surface area contributed by atoms with Gasteiger partial charge in [0.05, 0.1) is 30.9 Å². The number of ether oxygens (including phenoxy) is 3. The van der Waals surface area contributed by atoms with Crippen LogP contribution in [-0.2, 0) is 19.0 Å². The number of nitrogens with zero attached hydrogens (tertiary/aromatic N) is 1.